The van der Waals surface area contributed by atoms with Gasteiger partial charge in [0, 0.05) is 43.2 Å². The van der Waals surface area contributed by atoms with E-state index in [1.54, 1.807) is 0 Å². The Labute approximate surface area is 199 Å². The number of nitrogens with one attached hydrogen (secondary N) is 1. The van der Waals surface area contributed by atoms with Crippen LogP contribution >= 0.6 is 0 Å². The number of aromatic nitrogens is 3. The quantitative estimate of drug-likeness (QED) is 0.501. The van der Waals surface area contributed by atoms with Gasteiger partial charge in [-0.3, -0.25) is 4.98 Å². The van der Waals surface area contributed by atoms with Crippen LogP contribution in [0.3, 0.4) is 0 Å². The molecule has 0 spiro atoms. The van der Waals surface area contributed by atoms with Crippen molar-refractivity contribution in [1.82, 2.24) is 20.5 Å². The Morgan fingerprint density at radius 2 is 1.67 bits per heavy atom. The molecule has 2 aromatic heterocycles. The highest BCUT2D eigenvalue weighted by Gasteiger charge is 2.86. The molecular formula is C23H20F7N5O. The van der Waals surface area contributed by atoms with Crippen molar-refractivity contribution in [3.8, 4) is 0 Å². The van der Waals surface area contributed by atoms with Crippen molar-refractivity contribution in [3.05, 3.63) is 47.8 Å². The van der Waals surface area contributed by atoms with Gasteiger partial charge >= 0.3 is 12.4 Å². The summed E-state index contributed by atoms with van der Waals surface area (Å²) in [6.45, 7) is 0.0158. The lowest BCUT2D eigenvalue weighted by molar-refractivity contribution is -0.187. The minimum atomic E-state index is -4.68. The zero-order valence-corrected chi connectivity index (χ0v) is 18.7. The Bertz CT molecular complexity index is 1330. The Morgan fingerprint density at radius 1 is 0.944 bits per heavy atom. The summed E-state index contributed by atoms with van der Waals surface area (Å²) in [6.07, 6.45) is -8.33. The molecule has 2 aliphatic heterocycles. The molecule has 2 saturated heterocycles. The number of rotatable bonds is 3. The summed E-state index contributed by atoms with van der Waals surface area (Å²) >= 11 is 0. The van der Waals surface area contributed by atoms with E-state index in [4.69, 9.17) is 4.42 Å². The molecular weight excluding hydrogens is 495 g/mol. The van der Waals surface area contributed by atoms with E-state index >= 15 is 4.39 Å². The second-order valence-corrected chi connectivity index (χ2v) is 9.85. The largest absolute Gasteiger partial charge is 0.421 e. The fourth-order valence-corrected chi connectivity index (χ4v) is 5.87. The maximum Gasteiger partial charge on any atom is 0.418 e. The highest BCUT2D eigenvalue weighted by molar-refractivity contribution is 5.94. The summed E-state index contributed by atoms with van der Waals surface area (Å²) < 4.78 is 105. The zero-order valence-electron chi connectivity index (χ0n) is 18.7. The number of nitrogens with zero attached hydrogens (tertiary/aromatic N) is 4. The van der Waals surface area contributed by atoms with Gasteiger partial charge in [-0.15, -0.1) is 10.2 Å². The Morgan fingerprint density at radius 3 is 2.36 bits per heavy atom. The minimum Gasteiger partial charge on any atom is -0.421 e. The molecule has 1 N–H and O–H groups in total. The number of hydrogen-bond donors (Lipinski definition) is 1. The number of hydrogen-bond acceptors (Lipinski definition) is 6. The molecule has 13 heteroatoms. The Kier molecular flexibility index (Phi) is 4.75. The van der Waals surface area contributed by atoms with Crippen LogP contribution in [0, 0.1) is 5.41 Å². The summed E-state index contributed by atoms with van der Waals surface area (Å²) in [5.41, 5.74) is -6.89. The van der Waals surface area contributed by atoms with Crippen LogP contribution in [0.1, 0.15) is 36.6 Å². The molecule has 6 rings (SSSR count). The summed E-state index contributed by atoms with van der Waals surface area (Å²) in [6, 6.07) is 4.83. The van der Waals surface area contributed by atoms with Crippen molar-refractivity contribution in [2.45, 2.75) is 42.7 Å². The standard InChI is InChI=1S/C23H20F7N5O/c24-20(5-8-31-9-6-20)18-34-33-17(36-18)19-10-21(19,23(28,29)30)12-35(11-19)15-4-3-14(22(25,26)27)16-13(15)2-1-7-32-16/h1-4,7,31H,5-6,8-12H2/t19-,21-/m0/s1. The third-order valence-corrected chi connectivity index (χ3v) is 7.87. The second kappa shape index (κ2) is 7.30. The van der Waals surface area contributed by atoms with E-state index < -0.39 is 41.0 Å². The lowest BCUT2D eigenvalue weighted by Crippen LogP contribution is -2.37. The third kappa shape index (κ3) is 3.17. The first kappa shape index (κ1) is 23.4. The molecule has 3 aliphatic rings. The van der Waals surface area contributed by atoms with Crippen molar-refractivity contribution in [2.24, 2.45) is 5.41 Å². The highest BCUT2D eigenvalue weighted by Crippen LogP contribution is 2.75. The lowest BCUT2D eigenvalue weighted by atomic mass is 9.94. The third-order valence-electron chi connectivity index (χ3n) is 7.87. The molecule has 1 saturated carbocycles. The van der Waals surface area contributed by atoms with E-state index in [2.05, 4.69) is 20.5 Å². The van der Waals surface area contributed by atoms with Gasteiger partial charge in [-0.05, 0) is 43.8 Å². The van der Waals surface area contributed by atoms with Gasteiger partial charge in [0.15, 0.2) is 5.67 Å². The number of anilines is 1. The molecule has 0 bridgehead atoms. The first-order valence-electron chi connectivity index (χ1n) is 11.4. The number of pyridine rings is 1. The molecule has 6 nitrogen and oxygen atoms in total. The smallest absolute Gasteiger partial charge is 0.418 e. The van der Waals surface area contributed by atoms with E-state index in [1.165, 1.54) is 29.3 Å². The van der Waals surface area contributed by atoms with Gasteiger partial charge < -0.3 is 14.6 Å². The van der Waals surface area contributed by atoms with Gasteiger partial charge in [0.1, 0.15) is 5.41 Å². The molecule has 36 heavy (non-hydrogen) atoms. The van der Waals surface area contributed by atoms with Crippen LogP contribution in [0.5, 0.6) is 0 Å². The molecule has 4 heterocycles. The number of alkyl halides is 7. The molecule has 1 aliphatic carbocycles. The maximum atomic E-state index is 15.4. The molecule has 1 aromatic carbocycles. The van der Waals surface area contributed by atoms with Crippen molar-refractivity contribution < 1.29 is 35.2 Å². The van der Waals surface area contributed by atoms with E-state index in [0.29, 0.717) is 13.1 Å². The summed E-state index contributed by atoms with van der Waals surface area (Å²) in [5, 5.41) is 10.7. The van der Waals surface area contributed by atoms with Crippen LogP contribution in [0.2, 0.25) is 0 Å². The summed E-state index contributed by atoms with van der Waals surface area (Å²) in [5.74, 6) is -0.624. The normalized spacial score (nSPS) is 27.9. The highest BCUT2D eigenvalue weighted by atomic mass is 19.4. The van der Waals surface area contributed by atoms with Crippen molar-refractivity contribution in [3.63, 3.8) is 0 Å². The monoisotopic (exact) mass is 515 g/mol. The molecule has 3 fully saturated rings. The minimum absolute atomic E-state index is 0.0582. The van der Waals surface area contributed by atoms with E-state index in [-0.39, 0.29) is 54.2 Å². The molecule has 0 amide bonds. The van der Waals surface area contributed by atoms with Crippen LogP contribution in [0.4, 0.5) is 36.4 Å². The van der Waals surface area contributed by atoms with Gasteiger partial charge in [0.2, 0.25) is 5.89 Å². The van der Waals surface area contributed by atoms with Crippen molar-refractivity contribution in [2.75, 3.05) is 31.1 Å². The van der Waals surface area contributed by atoms with Crippen molar-refractivity contribution in [1.29, 1.82) is 0 Å². The predicted molar refractivity (Wildman–Crippen MR) is 113 cm³/mol. The fourth-order valence-electron chi connectivity index (χ4n) is 5.87. The van der Waals surface area contributed by atoms with Gasteiger partial charge in [-0.2, -0.15) is 26.3 Å². The molecule has 2 atom stereocenters. The van der Waals surface area contributed by atoms with E-state index in [0.717, 1.165) is 6.07 Å². The molecule has 192 valence electrons. The van der Waals surface area contributed by atoms with Gasteiger partial charge in [0.25, 0.3) is 5.89 Å². The second-order valence-electron chi connectivity index (χ2n) is 9.85. The molecule has 3 aromatic rings. The molecule has 0 radical (unpaired) electrons. The average Bonchev–Trinajstić information content (AvgIpc) is 3.14. The average molecular weight is 515 g/mol. The van der Waals surface area contributed by atoms with Crippen LogP contribution in [0.15, 0.2) is 34.9 Å². The first-order valence-corrected chi connectivity index (χ1v) is 11.4. The topological polar surface area (TPSA) is 67.1 Å². The Hall–Kier alpha value is -2.96. The fraction of sp³-hybridized carbons (Fsp3) is 0.522. The van der Waals surface area contributed by atoms with Crippen molar-refractivity contribution >= 4 is 16.6 Å². The predicted octanol–water partition coefficient (Wildman–Crippen LogP) is 4.90. The van der Waals surface area contributed by atoms with Gasteiger partial charge in [-0.1, -0.05) is 0 Å². The number of halogens is 7. The maximum absolute atomic E-state index is 15.4. The van der Waals surface area contributed by atoms with Crippen LogP contribution in [0.25, 0.3) is 10.9 Å². The molecule has 0 unspecified atom stereocenters. The first-order chi connectivity index (χ1) is 16.9. The lowest BCUT2D eigenvalue weighted by Gasteiger charge is -2.26. The van der Waals surface area contributed by atoms with Crippen LogP contribution in [-0.2, 0) is 17.3 Å². The van der Waals surface area contributed by atoms with E-state index in [1.807, 2.05) is 0 Å². The van der Waals surface area contributed by atoms with Crippen LogP contribution < -0.4 is 10.2 Å². The summed E-state index contributed by atoms with van der Waals surface area (Å²) in [4.78, 5) is 5.25. The number of fused-ring (bicyclic) bond motifs is 2. The number of piperidine rings is 2. The van der Waals surface area contributed by atoms with E-state index in [9.17, 15) is 26.3 Å². The Balaban J connectivity index is 1.41. The van der Waals surface area contributed by atoms with Crippen LogP contribution in [-0.4, -0.2) is 47.5 Å². The summed E-state index contributed by atoms with van der Waals surface area (Å²) in [7, 11) is 0. The zero-order chi connectivity index (χ0) is 25.6. The number of benzene rings is 1. The van der Waals surface area contributed by atoms with Gasteiger partial charge in [0.05, 0.1) is 16.5 Å². The SMILES string of the molecule is FC(F)(F)c1ccc(N2C[C@]3(c4nnc(C5(F)CCNCC5)o4)C[C@]3(C(F)(F)F)C2)c2cccnc12. The van der Waals surface area contributed by atoms with Gasteiger partial charge in [-0.25, -0.2) is 4.39 Å².